The van der Waals surface area contributed by atoms with Gasteiger partial charge in [-0.05, 0) is 41.9 Å². The maximum atomic E-state index is 9.60. The van der Waals surface area contributed by atoms with Gasteiger partial charge in [-0.15, -0.1) is 11.8 Å². The summed E-state index contributed by atoms with van der Waals surface area (Å²) in [6, 6.07) is 6.03. The molecule has 1 nitrogen and oxygen atoms in total. The van der Waals surface area contributed by atoms with E-state index >= 15 is 0 Å². The highest BCUT2D eigenvalue weighted by Crippen LogP contribution is 2.45. The summed E-state index contributed by atoms with van der Waals surface area (Å²) in [4.78, 5) is 0. The van der Waals surface area contributed by atoms with Gasteiger partial charge >= 0.3 is 0 Å². The fourth-order valence-corrected chi connectivity index (χ4v) is 3.74. The number of rotatable bonds is 2. The summed E-state index contributed by atoms with van der Waals surface area (Å²) in [5, 5.41) is 10.4. The predicted octanol–water partition coefficient (Wildman–Crippen LogP) is 3.23. The van der Waals surface area contributed by atoms with Crippen LogP contribution in [0.1, 0.15) is 24.5 Å². The summed E-state index contributed by atoms with van der Waals surface area (Å²) in [6.45, 7) is 2.34. The molecule has 2 rings (SSSR count). The molecule has 1 atom stereocenters. The fraction of sp³-hybridized carbons (Fsp3) is 0.500. The van der Waals surface area contributed by atoms with Crippen molar-refractivity contribution in [3.63, 3.8) is 0 Å². The predicted molar refractivity (Wildman–Crippen MR) is 66.7 cm³/mol. The van der Waals surface area contributed by atoms with Gasteiger partial charge in [0.05, 0.1) is 11.4 Å². The van der Waals surface area contributed by atoms with Crippen molar-refractivity contribution in [1.29, 1.82) is 0 Å². The molecule has 0 radical (unpaired) electrons. The lowest BCUT2D eigenvalue weighted by Crippen LogP contribution is -2.31. The third kappa shape index (κ3) is 1.91. The summed E-state index contributed by atoms with van der Waals surface area (Å²) >= 11 is 7.85. The fourth-order valence-electron chi connectivity index (χ4n) is 2.18. The molecule has 0 bridgehead atoms. The Morgan fingerprint density at radius 2 is 2.33 bits per heavy atom. The van der Waals surface area contributed by atoms with E-state index in [4.69, 9.17) is 11.6 Å². The highest BCUT2D eigenvalue weighted by molar-refractivity contribution is 8.00. The van der Waals surface area contributed by atoms with E-state index in [1.54, 1.807) is 0 Å². The maximum Gasteiger partial charge on any atom is 0.0638 e. The highest BCUT2D eigenvalue weighted by atomic mass is 35.5. The van der Waals surface area contributed by atoms with Crippen LogP contribution in [0.25, 0.3) is 0 Å². The van der Waals surface area contributed by atoms with Crippen molar-refractivity contribution in [2.24, 2.45) is 0 Å². The third-order valence-corrected chi connectivity index (χ3v) is 4.97. The molecule has 3 heteroatoms. The van der Waals surface area contributed by atoms with Crippen LogP contribution < -0.4 is 0 Å². The van der Waals surface area contributed by atoms with Crippen molar-refractivity contribution < 1.29 is 5.11 Å². The smallest absolute Gasteiger partial charge is 0.0638 e. The lowest BCUT2D eigenvalue weighted by molar-refractivity contribution is 0.243. The van der Waals surface area contributed by atoms with Crippen molar-refractivity contribution >= 4 is 23.4 Å². The maximum absolute atomic E-state index is 9.60. The van der Waals surface area contributed by atoms with Gasteiger partial charge in [-0.25, -0.2) is 0 Å². The van der Waals surface area contributed by atoms with Gasteiger partial charge in [0.25, 0.3) is 0 Å². The van der Waals surface area contributed by atoms with Crippen LogP contribution in [-0.2, 0) is 11.2 Å². The van der Waals surface area contributed by atoms with Crippen LogP contribution in [0.4, 0.5) is 0 Å². The number of aliphatic hydroxyl groups excluding tert-OH is 1. The van der Waals surface area contributed by atoms with Gasteiger partial charge in [-0.3, -0.25) is 0 Å². The molecule has 0 amide bonds. The van der Waals surface area contributed by atoms with E-state index in [0.29, 0.717) is 0 Å². The number of aliphatic hydroxyl groups is 1. The average Bonchev–Trinajstić information content (AvgIpc) is 2.27. The lowest BCUT2D eigenvalue weighted by Gasteiger charge is -2.36. The van der Waals surface area contributed by atoms with Crippen LogP contribution in [0.15, 0.2) is 18.2 Å². The molecule has 1 N–H and O–H groups in total. The Morgan fingerprint density at radius 3 is 3.00 bits per heavy atom. The number of aryl methyl sites for hydroxylation is 1. The Balaban J connectivity index is 2.50. The molecule has 0 saturated carbocycles. The Hall–Kier alpha value is -0.180. The van der Waals surface area contributed by atoms with E-state index in [0.717, 1.165) is 23.6 Å². The number of benzene rings is 1. The normalized spacial score (nSPS) is 25.0. The van der Waals surface area contributed by atoms with Crippen LogP contribution in [-0.4, -0.2) is 17.5 Å². The minimum absolute atomic E-state index is 0.0990. The molecule has 1 unspecified atom stereocenters. The number of halogens is 1. The van der Waals surface area contributed by atoms with Gasteiger partial charge in [0, 0.05) is 5.02 Å². The van der Waals surface area contributed by atoms with E-state index in [1.165, 1.54) is 11.1 Å². The summed E-state index contributed by atoms with van der Waals surface area (Å²) < 4.78 is -0.0990. The first-order chi connectivity index (χ1) is 7.22. The van der Waals surface area contributed by atoms with Gasteiger partial charge in [0.1, 0.15) is 0 Å². The van der Waals surface area contributed by atoms with E-state index in [9.17, 15) is 5.11 Å². The molecule has 1 aliphatic heterocycles. The molecule has 1 heterocycles. The molecule has 1 aromatic carbocycles. The average molecular weight is 243 g/mol. The highest BCUT2D eigenvalue weighted by Gasteiger charge is 2.35. The second kappa shape index (κ2) is 4.36. The molecule has 0 spiro atoms. The lowest BCUT2D eigenvalue weighted by atomic mass is 9.90. The molecular formula is C12H15ClOS. The molecule has 15 heavy (non-hydrogen) atoms. The van der Waals surface area contributed by atoms with Crippen molar-refractivity contribution in [2.75, 3.05) is 12.4 Å². The monoisotopic (exact) mass is 242 g/mol. The van der Waals surface area contributed by atoms with Crippen molar-refractivity contribution in [3.05, 3.63) is 34.3 Å². The van der Waals surface area contributed by atoms with E-state index in [1.807, 2.05) is 23.9 Å². The van der Waals surface area contributed by atoms with Crippen molar-refractivity contribution in [3.8, 4) is 0 Å². The van der Waals surface area contributed by atoms with Gasteiger partial charge in [0.15, 0.2) is 0 Å². The summed E-state index contributed by atoms with van der Waals surface area (Å²) in [5.41, 5.74) is 2.57. The largest absolute Gasteiger partial charge is 0.395 e. The van der Waals surface area contributed by atoms with Gasteiger partial charge < -0.3 is 5.11 Å². The van der Waals surface area contributed by atoms with Gasteiger partial charge in [-0.1, -0.05) is 24.6 Å². The number of hydrogen-bond donors (Lipinski definition) is 1. The Morgan fingerprint density at radius 1 is 1.53 bits per heavy atom. The topological polar surface area (TPSA) is 20.2 Å². The molecular weight excluding hydrogens is 228 g/mol. The van der Waals surface area contributed by atoms with Crippen molar-refractivity contribution in [1.82, 2.24) is 0 Å². The number of hydrogen-bond acceptors (Lipinski definition) is 2. The van der Waals surface area contributed by atoms with Crippen LogP contribution in [0, 0.1) is 0 Å². The molecule has 1 aliphatic rings. The summed E-state index contributed by atoms with van der Waals surface area (Å²) in [5.74, 6) is 1.07. The first-order valence-corrected chi connectivity index (χ1v) is 6.62. The summed E-state index contributed by atoms with van der Waals surface area (Å²) in [6.07, 6.45) is 2.02. The van der Waals surface area contributed by atoms with Crippen LogP contribution in [0.3, 0.4) is 0 Å². The van der Waals surface area contributed by atoms with E-state index in [-0.39, 0.29) is 11.4 Å². The Labute approximate surface area is 99.8 Å². The Bertz CT molecular complexity index is 361. The standard InChI is InChI=1S/C12H15ClOS/c1-2-12(8-14)11-4-3-10(13)7-9(11)5-6-15-12/h3-4,7,14H,2,5-6,8H2,1H3. The number of thioether (sulfide) groups is 1. The van der Waals surface area contributed by atoms with Crippen molar-refractivity contribution in [2.45, 2.75) is 24.5 Å². The van der Waals surface area contributed by atoms with Crippen LogP contribution >= 0.6 is 23.4 Å². The minimum Gasteiger partial charge on any atom is -0.395 e. The van der Waals surface area contributed by atoms with Crippen LogP contribution in [0.5, 0.6) is 0 Å². The van der Waals surface area contributed by atoms with Gasteiger partial charge in [0.2, 0.25) is 0 Å². The van der Waals surface area contributed by atoms with Gasteiger partial charge in [-0.2, -0.15) is 0 Å². The van der Waals surface area contributed by atoms with Crippen LogP contribution in [0.2, 0.25) is 5.02 Å². The quantitative estimate of drug-likeness (QED) is 0.860. The molecule has 0 fully saturated rings. The zero-order chi connectivity index (χ0) is 10.9. The molecule has 82 valence electrons. The zero-order valence-corrected chi connectivity index (χ0v) is 10.4. The molecule has 1 aromatic rings. The summed E-state index contributed by atoms with van der Waals surface area (Å²) in [7, 11) is 0. The Kier molecular flexibility index (Phi) is 3.29. The first kappa shape index (κ1) is 11.3. The molecule has 0 saturated heterocycles. The second-order valence-corrected chi connectivity index (χ2v) is 5.82. The first-order valence-electron chi connectivity index (χ1n) is 5.25. The zero-order valence-electron chi connectivity index (χ0n) is 8.79. The third-order valence-electron chi connectivity index (χ3n) is 3.13. The minimum atomic E-state index is -0.0990. The molecule has 0 aliphatic carbocycles. The molecule has 0 aromatic heterocycles. The van der Waals surface area contributed by atoms with E-state index < -0.39 is 0 Å². The SMILES string of the molecule is CCC1(CO)SCCc2cc(Cl)ccc21. The second-order valence-electron chi connectivity index (χ2n) is 3.91. The number of fused-ring (bicyclic) bond motifs is 1. The van der Waals surface area contributed by atoms with E-state index in [2.05, 4.69) is 13.0 Å².